The zero-order chi connectivity index (χ0) is 29.3. The normalized spacial score (nSPS) is 16.3. The summed E-state index contributed by atoms with van der Waals surface area (Å²) in [6, 6.07) is 18.4. The molecule has 0 aliphatic carbocycles. The first-order valence-electron chi connectivity index (χ1n) is 13.0. The smallest absolute Gasteiger partial charge is 0.267 e. The van der Waals surface area contributed by atoms with Gasteiger partial charge < -0.3 is 14.8 Å². The molecule has 41 heavy (non-hydrogen) atoms. The van der Waals surface area contributed by atoms with Crippen LogP contribution in [0.4, 0.5) is 11.4 Å². The van der Waals surface area contributed by atoms with E-state index in [4.69, 9.17) is 21.7 Å². The molecule has 10 heteroatoms. The van der Waals surface area contributed by atoms with Crippen molar-refractivity contribution in [1.82, 2.24) is 4.90 Å². The van der Waals surface area contributed by atoms with Crippen molar-refractivity contribution in [3.05, 3.63) is 87.8 Å². The summed E-state index contributed by atoms with van der Waals surface area (Å²) in [5.41, 5.74) is 5.25. The molecule has 3 aromatic rings. The second-order valence-electron chi connectivity index (χ2n) is 9.72. The number of nitrogens with zero attached hydrogens (tertiary/aromatic N) is 2. The average molecular weight is 588 g/mol. The number of thioether (sulfide) groups is 1. The SMILES string of the molecule is COc1ccc(CCN2C(=O)/C(=C3/C(=O)N(CC(=O)Nc4ccc(C)c(C)c4)c4ccccc43)SC2=S)cc1OC. The molecule has 3 aromatic carbocycles. The summed E-state index contributed by atoms with van der Waals surface area (Å²) >= 11 is 6.68. The molecule has 0 bridgehead atoms. The van der Waals surface area contributed by atoms with Crippen LogP contribution in [-0.4, -0.2) is 54.3 Å². The Bertz CT molecular complexity index is 1620. The maximum atomic E-state index is 13.7. The van der Waals surface area contributed by atoms with Crippen molar-refractivity contribution in [3.63, 3.8) is 0 Å². The highest BCUT2D eigenvalue weighted by molar-refractivity contribution is 8.26. The second kappa shape index (κ2) is 11.8. The number of benzene rings is 3. The topological polar surface area (TPSA) is 88.2 Å². The number of anilines is 2. The molecular weight excluding hydrogens is 558 g/mol. The van der Waals surface area contributed by atoms with Gasteiger partial charge in [-0.3, -0.25) is 24.2 Å². The van der Waals surface area contributed by atoms with Crippen LogP contribution in [0.5, 0.6) is 11.5 Å². The van der Waals surface area contributed by atoms with Gasteiger partial charge in [0.2, 0.25) is 5.91 Å². The van der Waals surface area contributed by atoms with E-state index in [1.54, 1.807) is 32.4 Å². The first-order chi connectivity index (χ1) is 19.7. The first-order valence-corrected chi connectivity index (χ1v) is 14.2. The molecule has 2 aliphatic rings. The third kappa shape index (κ3) is 5.57. The van der Waals surface area contributed by atoms with Crippen LogP contribution < -0.4 is 19.7 Å². The zero-order valence-electron chi connectivity index (χ0n) is 23.1. The predicted octanol–water partition coefficient (Wildman–Crippen LogP) is 5.12. The summed E-state index contributed by atoms with van der Waals surface area (Å²) in [5, 5.41) is 2.88. The highest BCUT2D eigenvalue weighted by Gasteiger charge is 2.42. The van der Waals surface area contributed by atoms with Crippen molar-refractivity contribution in [2.45, 2.75) is 20.3 Å². The second-order valence-corrected chi connectivity index (χ2v) is 11.4. The number of thiocarbonyl (C=S) groups is 1. The van der Waals surface area contributed by atoms with E-state index in [1.807, 2.05) is 56.3 Å². The zero-order valence-corrected chi connectivity index (χ0v) is 24.8. The molecule has 3 amide bonds. The standard InChI is InChI=1S/C31H29N3O5S2/c1-18-9-11-21(15-19(18)2)32-26(35)17-34-23-8-6-5-7-22(23)27(29(34)36)28-30(37)33(31(40)41-28)14-13-20-10-12-24(38-3)25(16-20)39-4/h5-12,15-16H,13-14,17H2,1-4H3,(H,32,35)/b28-27-. The number of methoxy groups -OCH3 is 2. The Balaban J connectivity index is 1.36. The fourth-order valence-electron chi connectivity index (χ4n) is 4.84. The third-order valence-corrected chi connectivity index (χ3v) is 8.61. The maximum absolute atomic E-state index is 13.7. The fourth-order valence-corrected chi connectivity index (χ4v) is 6.22. The quantitative estimate of drug-likeness (QED) is 0.289. The van der Waals surface area contributed by atoms with Gasteiger partial charge in [-0.15, -0.1) is 0 Å². The lowest BCUT2D eigenvalue weighted by molar-refractivity contribution is -0.122. The van der Waals surface area contributed by atoms with E-state index in [9.17, 15) is 14.4 Å². The number of rotatable bonds is 8. The summed E-state index contributed by atoms with van der Waals surface area (Å²) in [7, 11) is 3.15. The molecule has 0 spiro atoms. The lowest BCUT2D eigenvalue weighted by atomic mass is 10.1. The van der Waals surface area contributed by atoms with E-state index in [1.165, 1.54) is 9.80 Å². The Morgan fingerprint density at radius 2 is 1.66 bits per heavy atom. The lowest BCUT2D eigenvalue weighted by Crippen LogP contribution is -2.35. The van der Waals surface area contributed by atoms with Crippen molar-refractivity contribution < 1.29 is 23.9 Å². The van der Waals surface area contributed by atoms with Crippen LogP contribution in [-0.2, 0) is 20.8 Å². The Morgan fingerprint density at radius 1 is 0.902 bits per heavy atom. The van der Waals surface area contributed by atoms with Gasteiger partial charge in [0.1, 0.15) is 10.9 Å². The number of carbonyl (C=O) groups excluding carboxylic acids is 3. The Labute approximate surface area is 248 Å². The predicted molar refractivity (Wildman–Crippen MR) is 165 cm³/mol. The molecule has 1 saturated heterocycles. The number of amides is 3. The molecule has 0 radical (unpaired) electrons. The monoisotopic (exact) mass is 587 g/mol. The number of aryl methyl sites for hydroxylation is 2. The molecule has 0 atom stereocenters. The summed E-state index contributed by atoms with van der Waals surface area (Å²) < 4.78 is 11.1. The molecule has 0 aromatic heterocycles. The number of para-hydroxylation sites is 1. The molecule has 1 N–H and O–H groups in total. The highest BCUT2D eigenvalue weighted by Crippen LogP contribution is 2.44. The molecule has 8 nitrogen and oxygen atoms in total. The van der Waals surface area contributed by atoms with Crippen molar-refractivity contribution >= 4 is 63.0 Å². The maximum Gasteiger partial charge on any atom is 0.267 e. The van der Waals surface area contributed by atoms with Gasteiger partial charge in [0.15, 0.2) is 11.5 Å². The Hall–Kier alpha value is -4.15. The van der Waals surface area contributed by atoms with Crippen LogP contribution in [0.2, 0.25) is 0 Å². The fraction of sp³-hybridized carbons (Fsp3) is 0.226. The van der Waals surface area contributed by atoms with Gasteiger partial charge in [0, 0.05) is 17.8 Å². The van der Waals surface area contributed by atoms with E-state index >= 15 is 0 Å². The van der Waals surface area contributed by atoms with Gasteiger partial charge in [-0.1, -0.05) is 54.3 Å². The molecule has 1 fully saturated rings. The van der Waals surface area contributed by atoms with E-state index in [-0.39, 0.29) is 28.8 Å². The molecule has 5 rings (SSSR count). The number of fused-ring (bicyclic) bond motifs is 1. The van der Waals surface area contributed by atoms with Gasteiger partial charge in [0.05, 0.1) is 30.4 Å². The molecule has 0 saturated carbocycles. The van der Waals surface area contributed by atoms with Crippen molar-refractivity contribution in [1.29, 1.82) is 0 Å². The average Bonchev–Trinajstić information content (AvgIpc) is 3.40. The minimum Gasteiger partial charge on any atom is -0.493 e. The van der Waals surface area contributed by atoms with Gasteiger partial charge in [-0.05, 0) is 67.3 Å². The first kappa shape index (κ1) is 28.4. The number of hydrogen-bond donors (Lipinski definition) is 1. The molecular formula is C31H29N3O5S2. The number of hydrogen-bond acceptors (Lipinski definition) is 7. The number of ether oxygens (including phenoxy) is 2. The van der Waals surface area contributed by atoms with Crippen LogP contribution in [0.15, 0.2) is 65.6 Å². The summed E-state index contributed by atoms with van der Waals surface area (Å²) in [6.07, 6.45) is 0.532. The molecule has 210 valence electrons. The Kier molecular flexibility index (Phi) is 8.14. The van der Waals surface area contributed by atoms with Crippen molar-refractivity contribution in [3.8, 4) is 11.5 Å². The largest absolute Gasteiger partial charge is 0.493 e. The lowest BCUT2D eigenvalue weighted by Gasteiger charge is -2.17. The van der Waals surface area contributed by atoms with Crippen LogP contribution in [0, 0.1) is 13.8 Å². The van der Waals surface area contributed by atoms with Crippen molar-refractivity contribution in [2.24, 2.45) is 0 Å². The summed E-state index contributed by atoms with van der Waals surface area (Å²) in [4.78, 5) is 43.5. The molecule has 2 aliphatic heterocycles. The van der Waals surface area contributed by atoms with E-state index in [2.05, 4.69) is 5.32 Å². The number of carbonyl (C=O) groups is 3. The summed E-state index contributed by atoms with van der Waals surface area (Å²) in [6.45, 7) is 4.13. The van der Waals surface area contributed by atoms with Crippen LogP contribution in [0.25, 0.3) is 5.57 Å². The van der Waals surface area contributed by atoms with Gasteiger partial charge in [-0.2, -0.15) is 0 Å². The third-order valence-electron chi connectivity index (χ3n) is 7.16. The summed E-state index contributed by atoms with van der Waals surface area (Å²) in [5.74, 6) is 0.173. The Morgan fingerprint density at radius 3 is 2.39 bits per heavy atom. The minimum absolute atomic E-state index is 0.189. The van der Waals surface area contributed by atoms with Crippen molar-refractivity contribution in [2.75, 3.05) is 37.5 Å². The van der Waals surface area contributed by atoms with Crippen LogP contribution in [0.1, 0.15) is 22.3 Å². The highest BCUT2D eigenvalue weighted by atomic mass is 32.2. The molecule has 0 unspecified atom stereocenters. The van der Waals surface area contributed by atoms with Gasteiger partial charge in [-0.25, -0.2) is 0 Å². The van der Waals surface area contributed by atoms with Gasteiger partial charge in [0.25, 0.3) is 11.8 Å². The minimum atomic E-state index is -0.401. The van der Waals surface area contributed by atoms with E-state index in [0.29, 0.717) is 45.7 Å². The molecule has 2 heterocycles. The van der Waals surface area contributed by atoms with Crippen LogP contribution in [0.3, 0.4) is 0 Å². The van der Waals surface area contributed by atoms with E-state index < -0.39 is 5.91 Å². The van der Waals surface area contributed by atoms with Crippen LogP contribution >= 0.6 is 24.0 Å². The van der Waals surface area contributed by atoms with E-state index in [0.717, 1.165) is 28.5 Å². The van der Waals surface area contributed by atoms with Gasteiger partial charge >= 0.3 is 0 Å². The number of nitrogens with one attached hydrogen (secondary N) is 1.